The fourth-order valence-corrected chi connectivity index (χ4v) is 2.13. The molecule has 0 bridgehead atoms. The average Bonchev–Trinajstić information content (AvgIpc) is 2.50. The molecule has 1 aromatic rings. The van der Waals surface area contributed by atoms with Crippen LogP contribution in [0.5, 0.6) is 0 Å². The van der Waals surface area contributed by atoms with Crippen LogP contribution in [0.2, 0.25) is 0 Å². The number of methoxy groups -OCH3 is 1. The van der Waals surface area contributed by atoms with E-state index >= 15 is 0 Å². The molecule has 1 aromatic carbocycles. The fourth-order valence-electron chi connectivity index (χ4n) is 2.13. The highest BCUT2D eigenvalue weighted by atomic mass is 19.4. The molecule has 2 unspecified atom stereocenters. The molecule has 0 heterocycles. The van der Waals surface area contributed by atoms with Crippen LogP contribution in [-0.2, 0) is 26.9 Å². The minimum atomic E-state index is -4.45. The Bertz CT molecular complexity index is 575. The van der Waals surface area contributed by atoms with Crippen LogP contribution in [-0.4, -0.2) is 36.7 Å². The first-order valence-corrected chi connectivity index (χ1v) is 7.33. The van der Waals surface area contributed by atoms with Gasteiger partial charge >= 0.3 is 12.1 Å². The second-order valence-electron chi connectivity index (χ2n) is 5.48. The molecule has 8 heteroatoms. The van der Waals surface area contributed by atoms with Gasteiger partial charge in [-0.1, -0.05) is 25.1 Å². The summed E-state index contributed by atoms with van der Waals surface area (Å²) < 4.78 is 42.8. The van der Waals surface area contributed by atoms with Gasteiger partial charge in [-0.25, -0.2) is 4.79 Å². The van der Waals surface area contributed by atoms with Crippen molar-refractivity contribution in [2.45, 2.75) is 32.0 Å². The SMILES string of the molecule is COCCC(NC(=O)C(C)Cc1cccc(C(F)(F)F)c1)C(=O)O. The molecule has 0 saturated carbocycles. The van der Waals surface area contributed by atoms with E-state index in [9.17, 15) is 22.8 Å². The highest BCUT2D eigenvalue weighted by Gasteiger charge is 2.30. The number of amides is 1. The number of hydrogen-bond donors (Lipinski definition) is 2. The van der Waals surface area contributed by atoms with Crippen LogP contribution in [0.25, 0.3) is 0 Å². The van der Waals surface area contributed by atoms with E-state index in [4.69, 9.17) is 9.84 Å². The van der Waals surface area contributed by atoms with E-state index in [1.807, 2.05) is 0 Å². The van der Waals surface area contributed by atoms with Gasteiger partial charge in [0.25, 0.3) is 0 Å². The van der Waals surface area contributed by atoms with Crippen LogP contribution in [0, 0.1) is 5.92 Å². The molecule has 0 aliphatic carbocycles. The lowest BCUT2D eigenvalue weighted by Gasteiger charge is -2.18. The molecule has 0 aromatic heterocycles. The monoisotopic (exact) mass is 347 g/mol. The molecular weight excluding hydrogens is 327 g/mol. The lowest BCUT2D eigenvalue weighted by molar-refractivity contribution is -0.143. The highest BCUT2D eigenvalue weighted by Crippen LogP contribution is 2.30. The number of ether oxygens (including phenoxy) is 1. The topological polar surface area (TPSA) is 75.6 Å². The molecule has 24 heavy (non-hydrogen) atoms. The molecule has 1 amide bonds. The standard InChI is InChI=1S/C16H20F3NO4/c1-10(14(21)20-13(15(22)23)6-7-24-2)8-11-4-3-5-12(9-11)16(17,18)19/h3-5,9-10,13H,6-8H2,1-2H3,(H,20,21)(H,22,23). The van der Waals surface area contributed by atoms with E-state index in [-0.39, 0.29) is 19.4 Å². The number of carbonyl (C=O) groups excluding carboxylic acids is 1. The van der Waals surface area contributed by atoms with Gasteiger partial charge in [0, 0.05) is 26.1 Å². The third kappa shape index (κ3) is 6.19. The summed E-state index contributed by atoms with van der Waals surface area (Å²) >= 11 is 0. The second kappa shape index (κ2) is 8.68. The number of hydrogen-bond acceptors (Lipinski definition) is 3. The van der Waals surface area contributed by atoms with Crippen molar-refractivity contribution < 1.29 is 32.6 Å². The summed E-state index contributed by atoms with van der Waals surface area (Å²) in [5.74, 6) is -2.39. The van der Waals surface area contributed by atoms with Crippen molar-refractivity contribution in [3.8, 4) is 0 Å². The van der Waals surface area contributed by atoms with Gasteiger partial charge in [0.2, 0.25) is 5.91 Å². The number of carbonyl (C=O) groups is 2. The zero-order valence-corrected chi connectivity index (χ0v) is 13.4. The first-order chi connectivity index (χ1) is 11.1. The van der Waals surface area contributed by atoms with E-state index in [2.05, 4.69) is 5.32 Å². The largest absolute Gasteiger partial charge is 0.480 e. The number of carboxylic acid groups (broad SMARTS) is 1. The van der Waals surface area contributed by atoms with E-state index < -0.39 is 35.6 Å². The number of aliphatic carboxylic acids is 1. The van der Waals surface area contributed by atoms with Crippen molar-refractivity contribution in [2.24, 2.45) is 5.92 Å². The van der Waals surface area contributed by atoms with Gasteiger partial charge in [-0.2, -0.15) is 13.2 Å². The van der Waals surface area contributed by atoms with Crippen LogP contribution in [0.15, 0.2) is 24.3 Å². The van der Waals surface area contributed by atoms with Gasteiger partial charge in [-0.05, 0) is 18.1 Å². The normalized spacial score (nSPS) is 14.0. The highest BCUT2D eigenvalue weighted by molar-refractivity contribution is 5.84. The summed E-state index contributed by atoms with van der Waals surface area (Å²) in [5.41, 5.74) is -0.424. The predicted molar refractivity (Wildman–Crippen MR) is 80.4 cm³/mol. The number of carboxylic acids is 1. The quantitative estimate of drug-likeness (QED) is 0.758. The van der Waals surface area contributed by atoms with Gasteiger partial charge in [-0.3, -0.25) is 4.79 Å². The summed E-state index contributed by atoms with van der Waals surface area (Å²) in [6, 6.07) is 3.63. The van der Waals surface area contributed by atoms with Crippen molar-refractivity contribution in [2.75, 3.05) is 13.7 Å². The molecule has 2 atom stereocenters. The van der Waals surface area contributed by atoms with Crippen molar-refractivity contribution in [1.29, 1.82) is 0 Å². The Morgan fingerprint density at radius 2 is 2.00 bits per heavy atom. The van der Waals surface area contributed by atoms with E-state index in [1.165, 1.54) is 26.2 Å². The van der Waals surface area contributed by atoms with Gasteiger partial charge in [0.05, 0.1) is 5.56 Å². The van der Waals surface area contributed by atoms with E-state index in [0.29, 0.717) is 5.56 Å². The predicted octanol–water partition coefficient (Wildman–Crippen LogP) is 2.49. The first-order valence-electron chi connectivity index (χ1n) is 7.33. The summed E-state index contributed by atoms with van der Waals surface area (Å²) in [4.78, 5) is 23.2. The van der Waals surface area contributed by atoms with Crippen molar-refractivity contribution >= 4 is 11.9 Å². The van der Waals surface area contributed by atoms with Gasteiger partial charge < -0.3 is 15.2 Å². The van der Waals surface area contributed by atoms with Crippen LogP contribution in [0.3, 0.4) is 0 Å². The van der Waals surface area contributed by atoms with E-state index in [0.717, 1.165) is 12.1 Å². The van der Waals surface area contributed by atoms with Gasteiger partial charge in [0.15, 0.2) is 0 Å². The number of rotatable bonds is 8. The van der Waals surface area contributed by atoms with Crippen LogP contribution in [0.1, 0.15) is 24.5 Å². The Morgan fingerprint density at radius 3 is 2.54 bits per heavy atom. The van der Waals surface area contributed by atoms with E-state index in [1.54, 1.807) is 0 Å². The zero-order valence-electron chi connectivity index (χ0n) is 13.4. The molecule has 134 valence electrons. The molecule has 2 N–H and O–H groups in total. The Balaban J connectivity index is 2.71. The molecule has 0 fully saturated rings. The number of halogens is 3. The zero-order chi connectivity index (χ0) is 18.3. The lowest BCUT2D eigenvalue weighted by Crippen LogP contribution is -2.44. The summed E-state index contributed by atoms with van der Waals surface area (Å²) in [6.07, 6.45) is -4.27. The maximum absolute atomic E-state index is 12.7. The molecule has 5 nitrogen and oxygen atoms in total. The van der Waals surface area contributed by atoms with Gasteiger partial charge in [0.1, 0.15) is 6.04 Å². The molecule has 0 aliphatic heterocycles. The molecular formula is C16H20F3NO4. The van der Waals surface area contributed by atoms with Gasteiger partial charge in [-0.15, -0.1) is 0 Å². The Kier molecular flexibility index (Phi) is 7.21. The molecule has 0 radical (unpaired) electrons. The third-order valence-corrected chi connectivity index (χ3v) is 3.47. The fraction of sp³-hybridized carbons (Fsp3) is 0.500. The minimum Gasteiger partial charge on any atom is -0.480 e. The maximum Gasteiger partial charge on any atom is 0.416 e. The van der Waals surface area contributed by atoms with Crippen LogP contribution >= 0.6 is 0 Å². The van der Waals surface area contributed by atoms with Crippen LogP contribution < -0.4 is 5.32 Å². The first kappa shape index (κ1) is 20.0. The van der Waals surface area contributed by atoms with Crippen LogP contribution in [0.4, 0.5) is 13.2 Å². The molecule has 1 rings (SSSR count). The summed E-state index contributed by atoms with van der Waals surface area (Å²) in [7, 11) is 1.41. The molecule has 0 spiro atoms. The maximum atomic E-state index is 12.7. The molecule has 0 aliphatic rings. The summed E-state index contributed by atoms with van der Waals surface area (Å²) in [6.45, 7) is 1.70. The Morgan fingerprint density at radius 1 is 1.33 bits per heavy atom. The number of alkyl halides is 3. The van der Waals surface area contributed by atoms with Crippen molar-refractivity contribution in [3.05, 3.63) is 35.4 Å². The number of nitrogens with one attached hydrogen (secondary N) is 1. The van der Waals surface area contributed by atoms with Crippen molar-refractivity contribution in [3.63, 3.8) is 0 Å². The third-order valence-electron chi connectivity index (χ3n) is 3.47. The second-order valence-corrected chi connectivity index (χ2v) is 5.48. The smallest absolute Gasteiger partial charge is 0.416 e. The summed E-state index contributed by atoms with van der Waals surface area (Å²) in [5, 5.41) is 11.4. The Hall–Kier alpha value is -2.09. The molecule has 0 saturated heterocycles. The minimum absolute atomic E-state index is 0.0758. The Labute approximate surface area is 137 Å². The lowest BCUT2D eigenvalue weighted by atomic mass is 9.98. The average molecular weight is 347 g/mol. The number of benzene rings is 1. The van der Waals surface area contributed by atoms with Crippen molar-refractivity contribution in [1.82, 2.24) is 5.32 Å².